The van der Waals surface area contributed by atoms with Crippen LogP contribution in [0.15, 0.2) is 0 Å². The van der Waals surface area contributed by atoms with E-state index in [1.807, 2.05) is 13.8 Å². The molecule has 9 heteroatoms. The largest absolute Gasteiger partial charge is 0.673 e. The summed E-state index contributed by atoms with van der Waals surface area (Å²) >= 11 is 0. The molecule has 0 aromatic heterocycles. The summed E-state index contributed by atoms with van der Waals surface area (Å²) in [6, 6.07) is 0. The summed E-state index contributed by atoms with van der Waals surface area (Å²) in [5, 5.41) is 0. The second-order valence-electron chi connectivity index (χ2n) is 3.68. The molecule has 0 fully saturated rings. The fourth-order valence-electron chi connectivity index (χ4n) is 1.47. The van der Waals surface area contributed by atoms with Gasteiger partial charge in [0, 0.05) is 35.5 Å². The van der Waals surface area contributed by atoms with Crippen molar-refractivity contribution in [2.45, 2.75) is 55.1 Å². The lowest BCUT2D eigenvalue weighted by molar-refractivity contribution is -0.0510. The van der Waals surface area contributed by atoms with Gasteiger partial charge in [-0.1, -0.05) is 36.1 Å². The molecule has 22 heavy (non-hydrogen) atoms. The van der Waals surface area contributed by atoms with Crippen LogP contribution in [-0.2, 0) is 30.7 Å². The second-order valence-corrected chi connectivity index (χ2v) is 8.77. The molecule has 0 bridgehead atoms. The Morgan fingerprint density at radius 2 is 0.955 bits per heavy atom. The van der Waals surface area contributed by atoms with Crippen LogP contribution in [0.2, 0.25) is 0 Å². The highest BCUT2D eigenvalue weighted by atomic mass is 28.5. The van der Waals surface area contributed by atoms with Gasteiger partial charge in [0.1, 0.15) is 0 Å². The SMILES string of the molecule is C.C.C.CCC(CC)O[Si](OC)(OC)O[Si](OC)(OC)OC. The number of rotatable bonds is 11. The molecule has 7 nitrogen and oxygen atoms in total. The minimum atomic E-state index is -3.36. The molecular formula is C13H38O7Si2. The van der Waals surface area contributed by atoms with E-state index in [2.05, 4.69) is 0 Å². The van der Waals surface area contributed by atoms with E-state index in [-0.39, 0.29) is 28.4 Å². The highest BCUT2D eigenvalue weighted by Crippen LogP contribution is 2.22. The van der Waals surface area contributed by atoms with E-state index in [1.54, 1.807) is 0 Å². The molecule has 0 amide bonds. The van der Waals surface area contributed by atoms with Crippen LogP contribution in [0.1, 0.15) is 49.0 Å². The smallest absolute Gasteiger partial charge is 0.355 e. The summed E-state index contributed by atoms with van der Waals surface area (Å²) in [6.45, 7) is 4.04. The third-order valence-corrected chi connectivity index (χ3v) is 7.84. The van der Waals surface area contributed by atoms with Crippen LogP contribution in [-0.4, -0.2) is 59.7 Å². The molecule has 0 N–H and O–H groups in total. The first-order valence-corrected chi connectivity index (χ1v) is 9.41. The van der Waals surface area contributed by atoms with Crippen molar-refractivity contribution in [3.8, 4) is 0 Å². The quantitative estimate of drug-likeness (QED) is 0.523. The Kier molecular flexibility index (Phi) is 20.1. The standard InChI is InChI=1S/C10H26O7Si2.3CH4/c1-8-10(9-2)16-19(14-6,15-7)17-18(11-3,12-4)13-5;;;/h10H,8-9H2,1-7H3;3*1H4. The molecule has 140 valence electrons. The molecule has 0 unspecified atom stereocenters. The molecule has 0 atom stereocenters. The molecule has 0 aromatic carbocycles. The van der Waals surface area contributed by atoms with E-state index in [9.17, 15) is 0 Å². The van der Waals surface area contributed by atoms with E-state index >= 15 is 0 Å². The highest BCUT2D eigenvalue weighted by molar-refractivity contribution is 6.68. The molecule has 0 saturated heterocycles. The van der Waals surface area contributed by atoms with Gasteiger partial charge in [-0.15, -0.1) is 0 Å². The molecule has 0 heterocycles. The lowest BCUT2D eigenvalue weighted by Gasteiger charge is -2.34. The van der Waals surface area contributed by atoms with E-state index < -0.39 is 18.1 Å². The minimum absolute atomic E-state index is 0. The van der Waals surface area contributed by atoms with Gasteiger partial charge in [-0.3, -0.25) is 0 Å². The zero-order chi connectivity index (χ0) is 14.9. The monoisotopic (exact) mass is 362 g/mol. The number of hydrogen-bond donors (Lipinski definition) is 0. The van der Waals surface area contributed by atoms with Crippen molar-refractivity contribution in [1.82, 2.24) is 0 Å². The van der Waals surface area contributed by atoms with Gasteiger partial charge in [0.25, 0.3) is 0 Å². The van der Waals surface area contributed by atoms with Crippen molar-refractivity contribution >= 4 is 18.1 Å². The summed E-state index contributed by atoms with van der Waals surface area (Å²) in [5.41, 5.74) is 0. The highest BCUT2D eigenvalue weighted by Gasteiger charge is 2.58. The lowest BCUT2D eigenvalue weighted by Crippen LogP contribution is -2.61. The summed E-state index contributed by atoms with van der Waals surface area (Å²) in [7, 11) is 0.616. The van der Waals surface area contributed by atoms with Gasteiger partial charge in [0.05, 0.1) is 6.10 Å². The van der Waals surface area contributed by atoms with Crippen LogP contribution in [0.5, 0.6) is 0 Å². The maximum atomic E-state index is 5.86. The maximum Gasteiger partial charge on any atom is 0.673 e. The first-order chi connectivity index (χ1) is 9.00. The predicted octanol–water partition coefficient (Wildman–Crippen LogP) is 3.22. The van der Waals surface area contributed by atoms with Crippen molar-refractivity contribution in [3.63, 3.8) is 0 Å². The molecule has 0 radical (unpaired) electrons. The van der Waals surface area contributed by atoms with Crippen LogP contribution in [0, 0.1) is 0 Å². The summed E-state index contributed by atoms with van der Waals surface area (Å²) in [6.07, 6.45) is 1.62. The Bertz CT molecular complexity index is 224. The number of hydrogen-bond acceptors (Lipinski definition) is 7. The van der Waals surface area contributed by atoms with Crippen LogP contribution >= 0.6 is 0 Å². The van der Waals surface area contributed by atoms with Gasteiger partial charge in [-0.05, 0) is 12.8 Å². The Morgan fingerprint density at radius 1 is 0.636 bits per heavy atom. The zero-order valence-corrected chi connectivity index (χ0v) is 14.8. The fourth-order valence-corrected chi connectivity index (χ4v) is 6.16. The molecule has 0 rings (SSSR count). The third kappa shape index (κ3) is 8.13. The maximum absolute atomic E-state index is 5.86. The third-order valence-electron chi connectivity index (χ3n) is 2.72. The first-order valence-electron chi connectivity index (χ1n) is 6.14. The van der Waals surface area contributed by atoms with E-state index in [0.717, 1.165) is 12.8 Å². The molecular weight excluding hydrogens is 324 g/mol. The van der Waals surface area contributed by atoms with E-state index in [1.165, 1.54) is 35.5 Å². The molecule has 0 spiro atoms. The van der Waals surface area contributed by atoms with Gasteiger partial charge < -0.3 is 30.7 Å². The van der Waals surface area contributed by atoms with Crippen LogP contribution < -0.4 is 0 Å². The predicted molar refractivity (Wildman–Crippen MR) is 93.3 cm³/mol. The Balaban J connectivity index is -0.000000540. The molecule has 0 aliphatic carbocycles. The van der Waals surface area contributed by atoms with Crippen molar-refractivity contribution in [1.29, 1.82) is 0 Å². The molecule has 0 aliphatic heterocycles. The van der Waals surface area contributed by atoms with Crippen LogP contribution in [0.3, 0.4) is 0 Å². The molecule has 0 saturated carbocycles. The lowest BCUT2D eigenvalue weighted by atomic mass is 10.2. The summed E-state index contributed by atoms with van der Waals surface area (Å²) in [4.78, 5) is 0. The van der Waals surface area contributed by atoms with Gasteiger partial charge >= 0.3 is 18.1 Å². The second kappa shape index (κ2) is 14.7. The van der Waals surface area contributed by atoms with Gasteiger partial charge in [-0.2, -0.15) is 0 Å². The molecule has 0 aliphatic rings. The Hall–Kier alpha value is 0.154. The Labute approximate surface area is 140 Å². The first kappa shape index (κ1) is 30.1. The van der Waals surface area contributed by atoms with E-state index in [0.29, 0.717) is 0 Å². The fraction of sp³-hybridized carbons (Fsp3) is 1.00. The topological polar surface area (TPSA) is 64.6 Å². The summed E-state index contributed by atoms with van der Waals surface area (Å²) < 4.78 is 37.9. The van der Waals surface area contributed by atoms with Crippen molar-refractivity contribution in [3.05, 3.63) is 0 Å². The average molecular weight is 363 g/mol. The van der Waals surface area contributed by atoms with E-state index in [4.69, 9.17) is 30.7 Å². The van der Waals surface area contributed by atoms with Gasteiger partial charge in [0.2, 0.25) is 0 Å². The normalized spacial score (nSPS) is 11.5. The van der Waals surface area contributed by atoms with Gasteiger partial charge in [-0.25, -0.2) is 0 Å². The Morgan fingerprint density at radius 3 is 1.18 bits per heavy atom. The van der Waals surface area contributed by atoms with Crippen LogP contribution in [0.4, 0.5) is 0 Å². The van der Waals surface area contributed by atoms with Crippen molar-refractivity contribution in [2.24, 2.45) is 0 Å². The van der Waals surface area contributed by atoms with Crippen molar-refractivity contribution in [2.75, 3.05) is 35.5 Å². The van der Waals surface area contributed by atoms with Crippen LogP contribution in [0.25, 0.3) is 0 Å². The average Bonchev–Trinajstić information content (AvgIpc) is 2.49. The minimum Gasteiger partial charge on any atom is -0.355 e. The van der Waals surface area contributed by atoms with Gasteiger partial charge in [0.15, 0.2) is 0 Å². The summed E-state index contributed by atoms with van der Waals surface area (Å²) in [5.74, 6) is 0. The van der Waals surface area contributed by atoms with Crippen molar-refractivity contribution < 1.29 is 30.7 Å². The zero-order valence-electron chi connectivity index (χ0n) is 12.8. The molecule has 0 aromatic rings.